The van der Waals surface area contributed by atoms with Crippen LogP contribution in [-0.4, -0.2) is 19.2 Å². The van der Waals surface area contributed by atoms with Gasteiger partial charge in [0.2, 0.25) is 0 Å². The Labute approximate surface area is 155 Å². The number of ether oxygens (including phenoxy) is 1. The van der Waals surface area contributed by atoms with Crippen LogP contribution in [0.3, 0.4) is 0 Å². The monoisotopic (exact) mass is 348 g/mol. The molecule has 2 N–H and O–H groups in total. The summed E-state index contributed by atoms with van der Waals surface area (Å²) in [4.78, 5) is 11.8. The van der Waals surface area contributed by atoms with Crippen molar-refractivity contribution in [3.8, 4) is 17.6 Å². The van der Waals surface area contributed by atoms with E-state index in [2.05, 4.69) is 29.1 Å². The Bertz CT molecular complexity index is 832. The normalized spacial score (nSPS) is 9.62. The van der Waals surface area contributed by atoms with Crippen LogP contribution in [0.15, 0.2) is 55.1 Å². The molecule has 4 nitrogen and oxygen atoms in total. The average Bonchev–Trinajstić information content (AvgIpc) is 2.62. The number of anilines is 1. The highest BCUT2D eigenvalue weighted by Gasteiger charge is 2.01. The van der Waals surface area contributed by atoms with E-state index in [1.807, 2.05) is 62.4 Å². The average molecular weight is 348 g/mol. The topological polar surface area (TPSA) is 50.4 Å². The van der Waals surface area contributed by atoms with Crippen molar-refractivity contribution in [2.45, 2.75) is 20.3 Å². The highest BCUT2D eigenvalue weighted by atomic mass is 16.5. The van der Waals surface area contributed by atoms with Crippen LogP contribution in [0.5, 0.6) is 5.75 Å². The number of carbonyl (C=O) groups is 1. The minimum Gasteiger partial charge on any atom is -0.481 e. The molecule has 0 aliphatic rings. The number of rotatable bonds is 6. The summed E-state index contributed by atoms with van der Waals surface area (Å²) in [6, 6.07) is 13.3. The minimum absolute atomic E-state index is 0.258. The molecule has 0 saturated carbocycles. The highest BCUT2D eigenvalue weighted by molar-refractivity contribution is 5.89. The Kier molecular flexibility index (Phi) is 7.32. The molecule has 0 bridgehead atoms. The number of aryl methyl sites for hydroxylation is 2. The van der Waals surface area contributed by atoms with Crippen molar-refractivity contribution < 1.29 is 9.53 Å². The second-order valence-corrected chi connectivity index (χ2v) is 5.85. The third-order valence-corrected chi connectivity index (χ3v) is 3.86. The van der Waals surface area contributed by atoms with Crippen molar-refractivity contribution in [3.63, 3.8) is 0 Å². The van der Waals surface area contributed by atoms with Crippen molar-refractivity contribution in [2.24, 2.45) is 0 Å². The first-order valence-corrected chi connectivity index (χ1v) is 8.49. The molecular weight excluding hydrogens is 324 g/mol. The van der Waals surface area contributed by atoms with Gasteiger partial charge < -0.3 is 15.4 Å². The first kappa shape index (κ1) is 19.1. The summed E-state index contributed by atoms with van der Waals surface area (Å²) < 4.78 is 5.67. The molecule has 0 unspecified atom stereocenters. The molecule has 0 aliphatic carbocycles. The second kappa shape index (κ2) is 9.95. The van der Waals surface area contributed by atoms with Gasteiger partial charge in [-0.2, -0.15) is 0 Å². The van der Waals surface area contributed by atoms with Crippen molar-refractivity contribution in [1.29, 1.82) is 0 Å². The first-order valence-electron chi connectivity index (χ1n) is 8.49. The molecular formula is C22H24N2O2. The van der Waals surface area contributed by atoms with E-state index >= 15 is 0 Å². The molecule has 2 rings (SSSR count). The number of urea groups is 1. The second-order valence-electron chi connectivity index (χ2n) is 5.85. The van der Waals surface area contributed by atoms with Crippen LogP contribution in [0.4, 0.5) is 10.5 Å². The predicted molar refractivity (Wildman–Crippen MR) is 107 cm³/mol. The molecule has 26 heavy (non-hydrogen) atoms. The molecule has 0 saturated heterocycles. The van der Waals surface area contributed by atoms with Crippen LogP contribution in [0, 0.1) is 25.7 Å². The molecule has 2 aromatic rings. The molecule has 0 radical (unpaired) electrons. The number of allylic oxidation sites excluding steroid dienone is 1. The lowest BCUT2D eigenvalue weighted by Crippen LogP contribution is -2.29. The van der Waals surface area contributed by atoms with Crippen LogP contribution in [0.1, 0.15) is 16.7 Å². The third kappa shape index (κ3) is 6.03. The maximum absolute atomic E-state index is 11.8. The Balaban J connectivity index is 1.74. The summed E-state index contributed by atoms with van der Waals surface area (Å²) >= 11 is 0. The highest BCUT2D eigenvalue weighted by Crippen LogP contribution is 2.18. The van der Waals surface area contributed by atoms with Crippen LogP contribution in [-0.2, 0) is 6.42 Å². The molecule has 0 fully saturated rings. The maximum atomic E-state index is 11.8. The van der Waals surface area contributed by atoms with Crippen molar-refractivity contribution >= 4 is 11.7 Å². The van der Waals surface area contributed by atoms with Crippen LogP contribution >= 0.6 is 0 Å². The van der Waals surface area contributed by atoms with Gasteiger partial charge in [0.05, 0.1) is 6.54 Å². The SMILES string of the molecule is C=CCc1ccccc1OCC#CCNC(=O)Nc1ccc(C)c(C)c1. The lowest BCUT2D eigenvalue weighted by atomic mass is 10.1. The fourth-order valence-corrected chi connectivity index (χ4v) is 2.32. The number of nitrogens with one attached hydrogen (secondary N) is 2. The van der Waals surface area contributed by atoms with Gasteiger partial charge in [0.25, 0.3) is 0 Å². The quantitative estimate of drug-likeness (QED) is 0.606. The van der Waals surface area contributed by atoms with Gasteiger partial charge in [-0.3, -0.25) is 0 Å². The van der Waals surface area contributed by atoms with Crippen molar-refractivity contribution in [2.75, 3.05) is 18.5 Å². The fraction of sp³-hybridized carbons (Fsp3) is 0.227. The van der Waals surface area contributed by atoms with E-state index < -0.39 is 0 Å². The van der Waals surface area contributed by atoms with E-state index in [1.54, 1.807) is 0 Å². The fourth-order valence-electron chi connectivity index (χ4n) is 2.32. The van der Waals surface area contributed by atoms with Crippen LogP contribution < -0.4 is 15.4 Å². The van der Waals surface area contributed by atoms with E-state index in [0.717, 1.165) is 29.0 Å². The van der Waals surface area contributed by atoms with Crippen molar-refractivity contribution in [1.82, 2.24) is 5.32 Å². The lowest BCUT2D eigenvalue weighted by Gasteiger charge is -2.08. The van der Waals surface area contributed by atoms with Gasteiger partial charge in [-0.25, -0.2) is 4.79 Å². The van der Waals surface area contributed by atoms with Crippen LogP contribution in [0.2, 0.25) is 0 Å². The molecule has 0 atom stereocenters. The molecule has 0 heterocycles. The summed E-state index contributed by atoms with van der Waals surface area (Å²) in [5.41, 5.74) is 4.17. The number of benzene rings is 2. The molecule has 0 aliphatic heterocycles. The van der Waals surface area contributed by atoms with Gasteiger partial charge in [-0.15, -0.1) is 6.58 Å². The predicted octanol–water partition coefficient (Wildman–Crippen LogP) is 4.24. The molecule has 2 amide bonds. The Morgan fingerprint density at radius 3 is 2.73 bits per heavy atom. The van der Waals surface area contributed by atoms with Gasteiger partial charge in [-0.05, 0) is 55.2 Å². The Hall–Kier alpha value is -3.19. The minimum atomic E-state index is -0.278. The smallest absolute Gasteiger partial charge is 0.319 e. The first-order chi connectivity index (χ1) is 12.6. The summed E-state index contributed by atoms with van der Waals surface area (Å²) in [6.07, 6.45) is 2.59. The Morgan fingerprint density at radius 2 is 1.96 bits per heavy atom. The standard InChI is InChI=1S/C22H24N2O2/c1-4-9-19-10-5-6-11-21(19)26-15-8-7-14-23-22(25)24-20-13-12-17(2)18(3)16-20/h4-6,10-13,16H,1,9,14-15H2,2-3H3,(H2,23,24,25). The zero-order valence-electron chi connectivity index (χ0n) is 15.3. The number of hydrogen-bond acceptors (Lipinski definition) is 2. The van der Waals surface area contributed by atoms with Gasteiger partial charge >= 0.3 is 6.03 Å². The Morgan fingerprint density at radius 1 is 1.15 bits per heavy atom. The van der Waals surface area contributed by atoms with E-state index in [-0.39, 0.29) is 19.2 Å². The molecule has 134 valence electrons. The molecule has 4 heteroatoms. The lowest BCUT2D eigenvalue weighted by molar-refractivity contribution is 0.253. The zero-order valence-corrected chi connectivity index (χ0v) is 15.3. The summed E-state index contributed by atoms with van der Waals surface area (Å²) in [5, 5.41) is 5.49. The van der Waals surface area contributed by atoms with Gasteiger partial charge in [0.1, 0.15) is 12.4 Å². The van der Waals surface area contributed by atoms with Gasteiger partial charge in [-0.1, -0.05) is 42.2 Å². The van der Waals surface area contributed by atoms with E-state index in [0.29, 0.717) is 0 Å². The maximum Gasteiger partial charge on any atom is 0.319 e. The number of carbonyl (C=O) groups excluding carboxylic acids is 1. The van der Waals surface area contributed by atoms with E-state index in [1.165, 1.54) is 5.56 Å². The van der Waals surface area contributed by atoms with E-state index in [4.69, 9.17) is 4.74 Å². The van der Waals surface area contributed by atoms with Gasteiger partial charge in [0, 0.05) is 5.69 Å². The number of para-hydroxylation sites is 1. The summed E-state index contributed by atoms with van der Waals surface area (Å²) in [5.74, 6) is 6.58. The zero-order chi connectivity index (χ0) is 18.8. The summed E-state index contributed by atoms with van der Waals surface area (Å²) in [6.45, 7) is 8.32. The number of amides is 2. The van der Waals surface area contributed by atoms with Crippen molar-refractivity contribution in [3.05, 3.63) is 71.8 Å². The molecule has 2 aromatic carbocycles. The molecule has 0 aromatic heterocycles. The van der Waals surface area contributed by atoms with Crippen LogP contribution in [0.25, 0.3) is 0 Å². The number of hydrogen-bond donors (Lipinski definition) is 2. The van der Waals surface area contributed by atoms with Gasteiger partial charge in [0.15, 0.2) is 0 Å². The van der Waals surface area contributed by atoms with E-state index in [9.17, 15) is 4.79 Å². The summed E-state index contributed by atoms with van der Waals surface area (Å²) in [7, 11) is 0. The third-order valence-electron chi connectivity index (χ3n) is 3.86. The largest absolute Gasteiger partial charge is 0.481 e. The molecule has 0 spiro atoms.